The Morgan fingerprint density at radius 1 is 0.970 bits per heavy atom. The van der Waals surface area contributed by atoms with Crippen molar-refractivity contribution in [3.63, 3.8) is 0 Å². The summed E-state index contributed by atoms with van der Waals surface area (Å²) in [6, 6.07) is 21.8. The normalized spacial score (nSPS) is 11.6. The van der Waals surface area contributed by atoms with Crippen LogP contribution < -0.4 is 10.1 Å². The number of hydrogen-bond acceptors (Lipinski definition) is 5. The van der Waals surface area contributed by atoms with Crippen LogP contribution in [0.4, 0.5) is 5.69 Å². The molecule has 170 valence electrons. The van der Waals surface area contributed by atoms with Crippen LogP contribution in [0.15, 0.2) is 82.1 Å². The van der Waals surface area contributed by atoms with E-state index in [4.69, 9.17) is 9.15 Å². The minimum Gasteiger partial charge on any atom is -0.486 e. The Kier molecular flexibility index (Phi) is 6.22. The van der Waals surface area contributed by atoms with Gasteiger partial charge in [0, 0.05) is 19.8 Å². The summed E-state index contributed by atoms with van der Waals surface area (Å²) in [4.78, 5) is 12.8. The van der Waals surface area contributed by atoms with Crippen LogP contribution in [0.3, 0.4) is 0 Å². The molecule has 0 saturated heterocycles. The number of nitrogens with zero attached hydrogens (tertiary/aromatic N) is 1. The average Bonchev–Trinajstić information content (AvgIpc) is 3.28. The summed E-state index contributed by atoms with van der Waals surface area (Å²) in [5.74, 6) is 0.812. The number of aryl methyl sites for hydroxylation is 1. The molecule has 1 aromatic heterocycles. The van der Waals surface area contributed by atoms with Gasteiger partial charge in [0.25, 0.3) is 5.91 Å². The second kappa shape index (κ2) is 9.09. The molecule has 0 fully saturated rings. The second-order valence-electron chi connectivity index (χ2n) is 7.79. The zero-order chi connectivity index (χ0) is 23.6. The number of furan rings is 1. The highest BCUT2D eigenvalue weighted by atomic mass is 32.2. The number of rotatable bonds is 7. The van der Waals surface area contributed by atoms with Crippen LogP contribution in [0.5, 0.6) is 5.75 Å². The van der Waals surface area contributed by atoms with Crippen LogP contribution >= 0.6 is 0 Å². The minimum atomic E-state index is -3.63. The topological polar surface area (TPSA) is 88.8 Å². The maximum atomic E-state index is 12.6. The Labute approximate surface area is 192 Å². The molecule has 4 aromatic rings. The Morgan fingerprint density at radius 2 is 1.73 bits per heavy atom. The number of nitrogens with one attached hydrogen (secondary N) is 1. The van der Waals surface area contributed by atoms with Crippen LogP contribution in [0.1, 0.15) is 21.9 Å². The van der Waals surface area contributed by atoms with Gasteiger partial charge in [-0.1, -0.05) is 36.4 Å². The third kappa shape index (κ3) is 4.92. The second-order valence-corrected chi connectivity index (χ2v) is 9.91. The van der Waals surface area contributed by atoms with Gasteiger partial charge >= 0.3 is 0 Å². The average molecular weight is 465 g/mol. The molecule has 0 spiro atoms. The fourth-order valence-electron chi connectivity index (χ4n) is 3.33. The molecule has 0 saturated carbocycles. The molecular weight excluding hydrogens is 440 g/mol. The quantitative estimate of drug-likeness (QED) is 0.423. The molecule has 1 heterocycles. The van der Waals surface area contributed by atoms with Crippen LogP contribution in [0, 0.1) is 6.92 Å². The summed E-state index contributed by atoms with van der Waals surface area (Å²) in [6.45, 7) is 1.87. The summed E-state index contributed by atoms with van der Waals surface area (Å²) < 4.78 is 37.6. The molecule has 0 radical (unpaired) electrons. The first kappa shape index (κ1) is 22.6. The molecule has 0 aliphatic carbocycles. The van der Waals surface area contributed by atoms with Crippen molar-refractivity contribution in [2.45, 2.75) is 18.4 Å². The van der Waals surface area contributed by atoms with Crippen molar-refractivity contribution in [3.05, 3.63) is 89.9 Å². The van der Waals surface area contributed by atoms with Gasteiger partial charge in [-0.15, -0.1) is 0 Å². The molecule has 1 N–H and O–H groups in total. The van der Waals surface area contributed by atoms with Crippen molar-refractivity contribution in [3.8, 4) is 5.75 Å². The van der Waals surface area contributed by atoms with E-state index < -0.39 is 15.9 Å². The van der Waals surface area contributed by atoms with E-state index in [9.17, 15) is 13.2 Å². The van der Waals surface area contributed by atoms with E-state index in [0.29, 0.717) is 22.8 Å². The number of fused-ring (bicyclic) bond motifs is 1. The zero-order valence-electron chi connectivity index (χ0n) is 18.5. The SMILES string of the molecule is Cc1ccc(NC(=O)c2ccc(COc3ccc4ccccc4c3)o2)cc1S(=O)(=O)N(C)C. The van der Waals surface area contributed by atoms with Gasteiger partial charge < -0.3 is 14.5 Å². The van der Waals surface area contributed by atoms with Gasteiger partial charge in [0.2, 0.25) is 10.0 Å². The van der Waals surface area contributed by atoms with Gasteiger partial charge in [-0.2, -0.15) is 0 Å². The predicted octanol–water partition coefficient (Wildman–Crippen LogP) is 4.82. The van der Waals surface area contributed by atoms with Gasteiger partial charge in [0.15, 0.2) is 5.76 Å². The van der Waals surface area contributed by atoms with Crippen LogP contribution in [-0.4, -0.2) is 32.7 Å². The smallest absolute Gasteiger partial charge is 0.291 e. The number of hydrogen-bond donors (Lipinski definition) is 1. The molecule has 3 aromatic carbocycles. The zero-order valence-corrected chi connectivity index (χ0v) is 19.3. The lowest BCUT2D eigenvalue weighted by Crippen LogP contribution is -2.23. The first-order valence-electron chi connectivity index (χ1n) is 10.3. The maximum absolute atomic E-state index is 12.6. The number of carbonyl (C=O) groups excluding carboxylic acids is 1. The number of sulfonamides is 1. The van der Waals surface area contributed by atoms with Gasteiger partial charge in [0.1, 0.15) is 18.1 Å². The Balaban J connectivity index is 1.43. The van der Waals surface area contributed by atoms with Crippen molar-refractivity contribution < 1.29 is 22.4 Å². The highest BCUT2D eigenvalue weighted by molar-refractivity contribution is 7.89. The monoisotopic (exact) mass is 464 g/mol. The van der Waals surface area contributed by atoms with Crippen LogP contribution in [0.25, 0.3) is 10.8 Å². The lowest BCUT2D eigenvalue weighted by molar-refractivity contribution is 0.0992. The first-order valence-corrected chi connectivity index (χ1v) is 11.7. The highest BCUT2D eigenvalue weighted by Crippen LogP contribution is 2.24. The summed E-state index contributed by atoms with van der Waals surface area (Å²) in [5, 5.41) is 4.88. The summed E-state index contributed by atoms with van der Waals surface area (Å²) >= 11 is 0. The fourth-order valence-corrected chi connectivity index (χ4v) is 4.48. The van der Waals surface area contributed by atoms with Crippen LogP contribution in [0.2, 0.25) is 0 Å². The van der Waals surface area contributed by atoms with Gasteiger partial charge in [-0.05, 0) is 59.7 Å². The molecule has 1 amide bonds. The third-order valence-corrected chi connectivity index (χ3v) is 7.15. The van der Waals surface area contributed by atoms with Gasteiger partial charge in [-0.3, -0.25) is 4.79 Å². The van der Waals surface area contributed by atoms with Gasteiger partial charge in [-0.25, -0.2) is 12.7 Å². The molecule has 0 bridgehead atoms. The highest BCUT2D eigenvalue weighted by Gasteiger charge is 2.21. The number of benzene rings is 3. The van der Waals surface area contributed by atoms with Crippen molar-refractivity contribution in [2.24, 2.45) is 0 Å². The molecule has 33 heavy (non-hydrogen) atoms. The minimum absolute atomic E-state index is 0.102. The Hall–Kier alpha value is -3.62. The van der Waals surface area contributed by atoms with Gasteiger partial charge in [0.05, 0.1) is 4.90 Å². The van der Waals surface area contributed by atoms with E-state index >= 15 is 0 Å². The van der Waals surface area contributed by atoms with Crippen molar-refractivity contribution >= 4 is 32.4 Å². The summed E-state index contributed by atoms with van der Waals surface area (Å²) in [6.07, 6.45) is 0. The molecule has 0 aliphatic heterocycles. The van der Waals surface area contributed by atoms with E-state index in [-0.39, 0.29) is 17.3 Å². The molecule has 0 atom stereocenters. The van der Waals surface area contributed by atoms with E-state index in [2.05, 4.69) is 5.32 Å². The summed E-state index contributed by atoms with van der Waals surface area (Å²) in [5.41, 5.74) is 0.948. The largest absolute Gasteiger partial charge is 0.486 e. The predicted molar refractivity (Wildman–Crippen MR) is 127 cm³/mol. The maximum Gasteiger partial charge on any atom is 0.291 e. The lowest BCUT2D eigenvalue weighted by atomic mass is 10.1. The van der Waals surface area contributed by atoms with E-state index in [1.54, 1.807) is 31.2 Å². The number of carbonyl (C=O) groups is 1. The number of anilines is 1. The summed E-state index contributed by atoms with van der Waals surface area (Å²) in [7, 11) is -0.706. The Bertz CT molecular complexity index is 1420. The molecule has 4 rings (SSSR count). The third-order valence-electron chi connectivity index (χ3n) is 5.19. The fraction of sp³-hybridized carbons (Fsp3) is 0.160. The molecule has 8 heteroatoms. The van der Waals surface area contributed by atoms with E-state index in [1.165, 1.54) is 20.2 Å². The number of amides is 1. The molecule has 7 nitrogen and oxygen atoms in total. The molecular formula is C25H24N2O5S. The first-order chi connectivity index (χ1) is 15.7. The van der Waals surface area contributed by atoms with Crippen molar-refractivity contribution in [2.75, 3.05) is 19.4 Å². The van der Waals surface area contributed by atoms with E-state index in [0.717, 1.165) is 15.1 Å². The van der Waals surface area contributed by atoms with E-state index in [1.807, 2.05) is 42.5 Å². The van der Waals surface area contributed by atoms with Crippen LogP contribution in [-0.2, 0) is 16.6 Å². The molecule has 0 unspecified atom stereocenters. The Morgan fingerprint density at radius 3 is 2.48 bits per heavy atom. The van der Waals surface area contributed by atoms with Crippen molar-refractivity contribution in [1.82, 2.24) is 4.31 Å². The molecule has 0 aliphatic rings. The number of ether oxygens (including phenoxy) is 1. The standard InChI is InChI=1S/C25H24N2O5S/c1-17-8-10-20(15-24(17)33(29,30)27(2)3)26-25(28)23-13-12-22(32-23)16-31-21-11-9-18-6-4-5-7-19(18)14-21/h4-15H,16H2,1-3H3,(H,26,28). The van der Waals surface area contributed by atoms with Crippen molar-refractivity contribution in [1.29, 1.82) is 0 Å². The lowest BCUT2D eigenvalue weighted by Gasteiger charge is -2.15.